The highest BCUT2D eigenvalue weighted by Crippen LogP contribution is 2.35. The number of esters is 1. The molecule has 9 heteroatoms. The highest BCUT2D eigenvalue weighted by molar-refractivity contribution is 9.10. The Kier molecular flexibility index (Phi) is 7.38. The van der Waals surface area contributed by atoms with Gasteiger partial charge in [-0.2, -0.15) is 0 Å². The minimum Gasteiger partial charge on any atom is -0.463 e. The predicted molar refractivity (Wildman–Crippen MR) is 159 cm³/mol. The Hall–Kier alpha value is -4.34. The van der Waals surface area contributed by atoms with Crippen molar-refractivity contribution in [3.05, 3.63) is 143 Å². The van der Waals surface area contributed by atoms with Crippen molar-refractivity contribution in [3.8, 4) is 11.3 Å². The molecule has 2 aromatic heterocycles. The van der Waals surface area contributed by atoms with E-state index in [1.54, 1.807) is 31.2 Å². The van der Waals surface area contributed by atoms with E-state index in [4.69, 9.17) is 14.1 Å². The molecule has 3 heterocycles. The quantitative estimate of drug-likeness (QED) is 0.213. The summed E-state index contributed by atoms with van der Waals surface area (Å²) in [4.78, 5) is 32.6. The van der Waals surface area contributed by atoms with Crippen LogP contribution in [0.15, 0.2) is 115 Å². The molecule has 6 rings (SSSR count). The van der Waals surface area contributed by atoms with Gasteiger partial charge in [0.25, 0.3) is 5.56 Å². The van der Waals surface area contributed by atoms with E-state index in [1.165, 1.54) is 28.0 Å². The summed E-state index contributed by atoms with van der Waals surface area (Å²) in [7, 11) is 0. The SMILES string of the molecule is CCOC(=O)C1=C(c2ccccc2)N=c2s/c(=C\c3ccc(-c4ccc(Br)cc4)o3)c(=O)n2[C@H]1c1ccc(F)cc1. The standard InChI is InChI=1S/C32H22BrFN2O4S/c1-2-39-31(38)27-28(20-6-4-3-5-7-20)35-32-36(29(27)21-10-14-23(34)15-11-21)30(37)26(41-32)18-24-16-17-25(40-24)19-8-12-22(33)13-9-19/h3-18,29H,2H2,1H3/b26-18-/t29-/m0/s1. The van der Waals surface area contributed by atoms with Crippen molar-refractivity contribution >= 4 is 45.0 Å². The highest BCUT2D eigenvalue weighted by Gasteiger charge is 2.35. The summed E-state index contributed by atoms with van der Waals surface area (Å²) in [5.74, 6) is 0.144. The summed E-state index contributed by atoms with van der Waals surface area (Å²) in [6, 6.07) is 25.5. The van der Waals surface area contributed by atoms with Crippen molar-refractivity contribution in [1.82, 2.24) is 4.57 Å². The molecule has 5 aromatic rings. The summed E-state index contributed by atoms with van der Waals surface area (Å²) in [5.41, 5.74) is 2.42. The largest absolute Gasteiger partial charge is 0.463 e. The molecule has 6 nitrogen and oxygen atoms in total. The van der Waals surface area contributed by atoms with Gasteiger partial charge >= 0.3 is 5.97 Å². The Morgan fingerprint density at radius 3 is 2.46 bits per heavy atom. The fourth-order valence-corrected chi connectivity index (χ4v) is 5.98. The molecule has 204 valence electrons. The molecule has 0 bridgehead atoms. The fourth-order valence-electron chi connectivity index (χ4n) is 4.73. The number of fused-ring (bicyclic) bond motifs is 1. The van der Waals surface area contributed by atoms with Gasteiger partial charge in [-0.3, -0.25) is 9.36 Å². The van der Waals surface area contributed by atoms with Crippen LogP contribution in [0.2, 0.25) is 0 Å². The fraction of sp³-hybridized carbons (Fsp3) is 0.0938. The molecule has 0 spiro atoms. The van der Waals surface area contributed by atoms with Crippen LogP contribution >= 0.6 is 27.3 Å². The summed E-state index contributed by atoms with van der Waals surface area (Å²) in [6.07, 6.45) is 1.67. The van der Waals surface area contributed by atoms with Gasteiger partial charge in [0.1, 0.15) is 17.3 Å². The number of thiazole rings is 1. The summed E-state index contributed by atoms with van der Waals surface area (Å²) in [6.45, 7) is 1.86. The second kappa shape index (κ2) is 11.3. The molecule has 0 radical (unpaired) electrons. The molecule has 0 fully saturated rings. The second-order valence-corrected chi connectivity index (χ2v) is 11.1. The van der Waals surface area contributed by atoms with Crippen LogP contribution in [-0.2, 0) is 9.53 Å². The van der Waals surface area contributed by atoms with Crippen LogP contribution in [0.25, 0.3) is 23.1 Å². The Balaban J connectivity index is 1.55. The van der Waals surface area contributed by atoms with Crippen molar-refractivity contribution in [2.24, 2.45) is 4.99 Å². The Morgan fingerprint density at radius 1 is 1.02 bits per heavy atom. The van der Waals surface area contributed by atoms with Gasteiger partial charge in [0.15, 0.2) is 4.80 Å². The van der Waals surface area contributed by atoms with E-state index in [-0.39, 0.29) is 17.7 Å². The minimum atomic E-state index is -0.877. The lowest BCUT2D eigenvalue weighted by molar-refractivity contribution is -0.138. The second-order valence-electron chi connectivity index (χ2n) is 9.19. The number of hydrogen-bond donors (Lipinski definition) is 0. The van der Waals surface area contributed by atoms with Crippen molar-refractivity contribution in [1.29, 1.82) is 0 Å². The number of nitrogens with zero attached hydrogens (tertiary/aromatic N) is 2. The lowest BCUT2D eigenvalue weighted by Gasteiger charge is -2.25. The Labute approximate surface area is 246 Å². The average molecular weight is 630 g/mol. The number of furan rings is 1. The molecule has 1 aliphatic rings. The average Bonchev–Trinajstić information content (AvgIpc) is 3.58. The van der Waals surface area contributed by atoms with Crippen LogP contribution in [0.3, 0.4) is 0 Å². The summed E-state index contributed by atoms with van der Waals surface area (Å²) in [5, 5.41) is 0. The molecular formula is C32H22BrFN2O4S. The van der Waals surface area contributed by atoms with Crippen molar-refractivity contribution in [3.63, 3.8) is 0 Å². The number of halogens is 2. The van der Waals surface area contributed by atoms with Gasteiger partial charge in [-0.05, 0) is 48.9 Å². The Morgan fingerprint density at radius 2 is 1.76 bits per heavy atom. The first kappa shape index (κ1) is 26.9. The highest BCUT2D eigenvalue weighted by atomic mass is 79.9. The van der Waals surface area contributed by atoms with Crippen molar-refractivity contribution < 1.29 is 18.3 Å². The minimum absolute atomic E-state index is 0.143. The van der Waals surface area contributed by atoms with Gasteiger partial charge in [0.05, 0.1) is 28.5 Å². The number of carbonyl (C=O) groups excluding carboxylic acids is 1. The normalized spacial score (nSPS) is 15.0. The molecule has 0 amide bonds. The predicted octanol–water partition coefficient (Wildman–Crippen LogP) is 6.10. The molecule has 1 atom stereocenters. The maximum atomic E-state index is 13.9. The van der Waals surface area contributed by atoms with Gasteiger partial charge in [-0.25, -0.2) is 14.2 Å². The molecular weight excluding hydrogens is 607 g/mol. The number of ether oxygens (including phenoxy) is 1. The number of benzene rings is 3. The number of carbonyl (C=O) groups is 1. The smallest absolute Gasteiger partial charge is 0.338 e. The van der Waals surface area contributed by atoms with E-state index in [0.29, 0.717) is 37.7 Å². The van der Waals surface area contributed by atoms with Gasteiger partial charge in [-0.1, -0.05) is 81.9 Å². The third kappa shape index (κ3) is 5.26. The number of aromatic nitrogens is 1. The van der Waals surface area contributed by atoms with Crippen LogP contribution in [-0.4, -0.2) is 17.1 Å². The van der Waals surface area contributed by atoms with Crippen LogP contribution in [0, 0.1) is 5.82 Å². The molecule has 0 saturated heterocycles. The third-order valence-electron chi connectivity index (χ3n) is 6.59. The third-order valence-corrected chi connectivity index (χ3v) is 8.10. The zero-order valence-electron chi connectivity index (χ0n) is 21.7. The Bertz CT molecular complexity index is 1960. The zero-order chi connectivity index (χ0) is 28.5. The summed E-state index contributed by atoms with van der Waals surface area (Å²) >= 11 is 4.63. The van der Waals surface area contributed by atoms with E-state index < -0.39 is 17.8 Å². The van der Waals surface area contributed by atoms with E-state index in [2.05, 4.69) is 15.9 Å². The number of rotatable bonds is 6. The van der Waals surface area contributed by atoms with Crippen LogP contribution in [0.4, 0.5) is 4.39 Å². The van der Waals surface area contributed by atoms with E-state index >= 15 is 0 Å². The van der Waals surface area contributed by atoms with E-state index in [9.17, 15) is 14.0 Å². The molecule has 0 aliphatic carbocycles. The molecule has 1 aliphatic heterocycles. The van der Waals surface area contributed by atoms with Gasteiger partial charge in [0.2, 0.25) is 0 Å². The lowest BCUT2D eigenvalue weighted by atomic mass is 9.93. The first-order chi connectivity index (χ1) is 19.9. The topological polar surface area (TPSA) is 73.8 Å². The van der Waals surface area contributed by atoms with Crippen molar-refractivity contribution in [2.75, 3.05) is 6.61 Å². The molecule has 41 heavy (non-hydrogen) atoms. The van der Waals surface area contributed by atoms with Crippen molar-refractivity contribution in [2.45, 2.75) is 13.0 Å². The monoisotopic (exact) mass is 628 g/mol. The first-order valence-corrected chi connectivity index (χ1v) is 14.4. The van der Waals surface area contributed by atoms with Gasteiger partial charge in [-0.15, -0.1) is 0 Å². The van der Waals surface area contributed by atoms with Gasteiger partial charge < -0.3 is 9.15 Å². The molecule has 0 unspecified atom stereocenters. The van der Waals surface area contributed by atoms with Crippen LogP contribution in [0.5, 0.6) is 0 Å². The summed E-state index contributed by atoms with van der Waals surface area (Å²) < 4.78 is 28.2. The van der Waals surface area contributed by atoms with E-state index in [0.717, 1.165) is 10.0 Å². The van der Waals surface area contributed by atoms with Crippen LogP contribution in [0.1, 0.15) is 29.9 Å². The van der Waals surface area contributed by atoms with Crippen LogP contribution < -0.4 is 14.9 Å². The number of hydrogen-bond acceptors (Lipinski definition) is 6. The lowest BCUT2D eigenvalue weighted by Crippen LogP contribution is -2.40. The molecule has 0 N–H and O–H groups in total. The van der Waals surface area contributed by atoms with Gasteiger partial charge in [0, 0.05) is 21.7 Å². The zero-order valence-corrected chi connectivity index (χ0v) is 24.1. The molecule has 3 aromatic carbocycles. The maximum absolute atomic E-state index is 13.9. The maximum Gasteiger partial charge on any atom is 0.338 e. The molecule has 0 saturated carbocycles. The van der Waals surface area contributed by atoms with E-state index in [1.807, 2.05) is 60.7 Å². The first-order valence-electron chi connectivity index (χ1n) is 12.8.